The summed E-state index contributed by atoms with van der Waals surface area (Å²) in [6.45, 7) is 12.5. The largest absolute Gasteiger partial charge is 0.456 e. The van der Waals surface area contributed by atoms with Gasteiger partial charge in [-0.25, -0.2) is 4.79 Å². The second kappa shape index (κ2) is 7.50. The Kier molecular flexibility index (Phi) is 5.80. The Morgan fingerprint density at radius 3 is 2.56 bits per heavy atom. The third-order valence-corrected chi connectivity index (χ3v) is 4.48. The maximum atomic E-state index is 12.7. The molecule has 0 spiro atoms. The number of nitrogens with zero attached hydrogens (tertiary/aromatic N) is 1. The minimum absolute atomic E-state index is 0.0170. The Labute approximate surface area is 149 Å². The lowest BCUT2D eigenvalue weighted by Crippen LogP contribution is -2.53. The predicted molar refractivity (Wildman–Crippen MR) is 95.6 cm³/mol. The fourth-order valence-electron chi connectivity index (χ4n) is 3.28. The number of carbonyl (C=O) groups is 2. The molecule has 2 heterocycles. The van der Waals surface area contributed by atoms with Crippen LogP contribution in [0.25, 0.3) is 0 Å². The number of hydrogen-bond acceptors (Lipinski definition) is 4. The molecule has 0 aliphatic carbocycles. The predicted octanol–water partition coefficient (Wildman–Crippen LogP) is 3.66. The van der Waals surface area contributed by atoms with Crippen molar-refractivity contribution < 1.29 is 18.7 Å². The topological polar surface area (TPSA) is 71.8 Å². The van der Waals surface area contributed by atoms with Gasteiger partial charge in [-0.2, -0.15) is 0 Å². The molecule has 2 rings (SSSR count). The van der Waals surface area contributed by atoms with Crippen LogP contribution in [-0.4, -0.2) is 41.6 Å². The summed E-state index contributed by atoms with van der Waals surface area (Å²) in [5.74, 6) is 1.29. The number of rotatable bonds is 3. The zero-order valence-electron chi connectivity index (χ0n) is 16.1. The third-order valence-electron chi connectivity index (χ3n) is 4.48. The van der Waals surface area contributed by atoms with Crippen molar-refractivity contribution >= 4 is 12.0 Å². The molecular weight excluding hydrogens is 320 g/mol. The van der Waals surface area contributed by atoms with Gasteiger partial charge in [0.15, 0.2) is 5.76 Å². The van der Waals surface area contributed by atoms with Gasteiger partial charge in [0.25, 0.3) is 5.91 Å². The summed E-state index contributed by atoms with van der Waals surface area (Å²) >= 11 is 0. The smallest absolute Gasteiger partial charge is 0.407 e. The molecule has 1 aliphatic rings. The molecule has 1 aromatic rings. The van der Waals surface area contributed by atoms with E-state index in [1.54, 1.807) is 0 Å². The first-order chi connectivity index (χ1) is 11.6. The van der Waals surface area contributed by atoms with E-state index in [1.165, 1.54) is 0 Å². The molecule has 6 nitrogen and oxygen atoms in total. The van der Waals surface area contributed by atoms with Crippen LogP contribution in [0.5, 0.6) is 0 Å². The molecular formula is C19H30N2O4. The van der Waals surface area contributed by atoms with Crippen molar-refractivity contribution in [1.82, 2.24) is 10.2 Å². The molecule has 0 radical (unpaired) electrons. The van der Waals surface area contributed by atoms with Gasteiger partial charge in [-0.3, -0.25) is 4.79 Å². The molecule has 1 aromatic heterocycles. The highest BCUT2D eigenvalue weighted by molar-refractivity contribution is 5.93. The number of carbonyl (C=O) groups excluding carboxylic acids is 2. The quantitative estimate of drug-likeness (QED) is 0.903. The maximum Gasteiger partial charge on any atom is 0.407 e. The van der Waals surface area contributed by atoms with Gasteiger partial charge in [0.1, 0.15) is 11.4 Å². The molecule has 1 fully saturated rings. The van der Waals surface area contributed by atoms with E-state index in [2.05, 4.69) is 12.2 Å². The van der Waals surface area contributed by atoms with Crippen molar-refractivity contribution in [2.24, 2.45) is 5.92 Å². The molecule has 1 saturated heterocycles. The lowest BCUT2D eigenvalue weighted by molar-refractivity contribution is 0.0411. The molecule has 6 heteroatoms. The van der Waals surface area contributed by atoms with Gasteiger partial charge in [-0.15, -0.1) is 0 Å². The summed E-state index contributed by atoms with van der Waals surface area (Å²) in [5.41, 5.74) is 0.349. The number of aryl methyl sites for hydroxylation is 2. The zero-order valence-corrected chi connectivity index (χ0v) is 16.1. The number of piperidine rings is 1. The first-order valence-electron chi connectivity index (χ1n) is 8.96. The molecule has 2 amide bonds. The minimum Gasteiger partial charge on any atom is -0.456 e. The SMILES string of the molecule is CC[C@@H]1CN(C(=O)c2oc(C)cc2C)CC[C@H]1NC(=O)OC(C)(C)C. The average Bonchev–Trinajstić information content (AvgIpc) is 2.83. The van der Waals surface area contributed by atoms with Gasteiger partial charge < -0.3 is 19.4 Å². The lowest BCUT2D eigenvalue weighted by atomic mass is 9.90. The van der Waals surface area contributed by atoms with Crippen molar-refractivity contribution in [1.29, 1.82) is 0 Å². The molecule has 0 saturated carbocycles. The molecule has 1 N–H and O–H groups in total. The summed E-state index contributed by atoms with van der Waals surface area (Å²) in [4.78, 5) is 26.6. The number of amides is 2. The van der Waals surface area contributed by atoms with Crippen molar-refractivity contribution in [3.05, 3.63) is 23.2 Å². The molecule has 2 atom stereocenters. The molecule has 0 unspecified atom stereocenters. The number of ether oxygens (including phenoxy) is 1. The second-order valence-corrected chi connectivity index (χ2v) is 7.83. The van der Waals surface area contributed by atoms with Crippen LogP contribution < -0.4 is 5.32 Å². The molecule has 25 heavy (non-hydrogen) atoms. The summed E-state index contributed by atoms with van der Waals surface area (Å²) in [6.07, 6.45) is 1.19. The Morgan fingerprint density at radius 2 is 2.04 bits per heavy atom. The molecule has 140 valence electrons. The van der Waals surface area contributed by atoms with Gasteiger partial charge >= 0.3 is 6.09 Å². The van der Waals surface area contributed by atoms with Crippen LogP contribution in [-0.2, 0) is 4.74 Å². The second-order valence-electron chi connectivity index (χ2n) is 7.83. The summed E-state index contributed by atoms with van der Waals surface area (Å²) in [6, 6.07) is 1.89. The summed E-state index contributed by atoms with van der Waals surface area (Å²) in [7, 11) is 0. The van der Waals surface area contributed by atoms with E-state index in [0.29, 0.717) is 25.3 Å². The van der Waals surface area contributed by atoms with Crippen LogP contribution in [0, 0.1) is 19.8 Å². The average molecular weight is 350 g/mol. The fraction of sp³-hybridized carbons (Fsp3) is 0.684. The van der Waals surface area contributed by atoms with Crippen molar-refractivity contribution in [3.8, 4) is 0 Å². The van der Waals surface area contributed by atoms with Crippen LogP contribution in [0.2, 0.25) is 0 Å². The lowest BCUT2D eigenvalue weighted by Gasteiger charge is -2.38. The van der Waals surface area contributed by atoms with Gasteiger partial charge in [-0.1, -0.05) is 6.92 Å². The first-order valence-corrected chi connectivity index (χ1v) is 8.96. The van der Waals surface area contributed by atoms with E-state index in [0.717, 1.165) is 17.7 Å². The number of nitrogens with one attached hydrogen (secondary N) is 1. The normalized spacial score (nSPS) is 21.1. The Morgan fingerprint density at radius 1 is 1.36 bits per heavy atom. The first kappa shape index (κ1) is 19.3. The highest BCUT2D eigenvalue weighted by atomic mass is 16.6. The van der Waals surface area contributed by atoms with E-state index in [-0.39, 0.29) is 17.9 Å². The third kappa shape index (κ3) is 5.00. The van der Waals surface area contributed by atoms with Gasteiger partial charge in [0.2, 0.25) is 0 Å². The van der Waals surface area contributed by atoms with Crippen molar-refractivity contribution in [2.45, 2.75) is 66.0 Å². The highest BCUT2D eigenvalue weighted by Crippen LogP contribution is 2.24. The molecule has 1 aliphatic heterocycles. The van der Waals surface area contributed by atoms with Crippen LogP contribution in [0.15, 0.2) is 10.5 Å². The van der Waals surface area contributed by atoms with Crippen LogP contribution in [0.3, 0.4) is 0 Å². The van der Waals surface area contributed by atoms with Crippen LogP contribution in [0.1, 0.15) is 62.4 Å². The maximum absolute atomic E-state index is 12.7. The minimum atomic E-state index is -0.517. The Balaban J connectivity index is 2.00. The summed E-state index contributed by atoms with van der Waals surface area (Å²) < 4.78 is 10.9. The van der Waals surface area contributed by atoms with E-state index >= 15 is 0 Å². The standard InChI is InChI=1S/C19H30N2O4/c1-7-14-11-21(17(22)16-12(2)10-13(3)24-16)9-8-15(14)20-18(23)25-19(4,5)6/h10,14-15H,7-9,11H2,1-6H3,(H,20,23)/t14-,15-/m1/s1. The summed E-state index contributed by atoms with van der Waals surface area (Å²) in [5, 5.41) is 2.97. The van der Waals surface area contributed by atoms with Gasteiger partial charge in [0, 0.05) is 24.7 Å². The van der Waals surface area contributed by atoms with Crippen molar-refractivity contribution in [3.63, 3.8) is 0 Å². The number of furan rings is 1. The van der Waals surface area contributed by atoms with Gasteiger partial charge in [-0.05, 0) is 59.4 Å². The van der Waals surface area contributed by atoms with E-state index in [1.807, 2.05) is 45.6 Å². The highest BCUT2D eigenvalue weighted by Gasteiger charge is 2.34. The van der Waals surface area contributed by atoms with Crippen LogP contribution in [0.4, 0.5) is 4.79 Å². The van der Waals surface area contributed by atoms with E-state index in [4.69, 9.17) is 9.15 Å². The molecule has 0 aromatic carbocycles. The van der Waals surface area contributed by atoms with E-state index in [9.17, 15) is 9.59 Å². The van der Waals surface area contributed by atoms with Crippen LogP contribution >= 0.6 is 0 Å². The van der Waals surface area contributed by atoms with Crippen molar-refractivity contribution in [2.75, 3.05) is 13.1 Å². The monoisotopic (exact) mass is 350 g/mol. The fourth-order valence-corrected chi connectivity index (χ4v) is 3.28. The Hall–Kier alpha value is -1.98. The van der Waals surface area contributed by atoms with Gasteiger partial charge in [0.05, 0.1) is 0 Å². The number of hydrogen-bond donors (Lipinski definition) is 1. The van der Waals surface area contributed by atoms with E-state index < -0.39 is 11.7 Å². The zero-order chi connectivity index (χ0) is 18.8. The number of likely N-dealkylation sites (tertiary alicyclic amines) is 1. The molecule has 0 bridgehead atoms. The Bertz CT molecular complexity index is 630. The number of alkyl carbamates (subject to hydrolysis) is 1.